The number of hydrogen-bond acceptors (Lipinski definition) is 3. The van der Waals surface area contributed by atoms with E-state index in [1.165, 1.54) is 0 Å². The molecule has 0 saturated heterocycles. The highest BCUT2D eigenvalue weighted by Gasteiger charge is 2.09. The van der Waals surface area contributed by atoms with E-state index in [1.54, 1.807) is 42.3 Å². The maximum absolute atomic E-state index is 11.7. The molecule has 0 aliphatic carbocycles. The van der Waals surface area contributed by atoms with Crippen LogP contribution in [0, 0.1) is 0 Å². The molecule has 0 aliphatic rings. The Morgan fingerprint density at radius 1 is 1.50 bits per heavy atom. The van der Waals surface area contributed by atoms with Gasteiger partial charge in [-0.1, -0.05) is 6.07 Å². The summed E-state index contributed by atoms with van der Waals surface area (Å²) in [4.78, 5) is 19.7. The van der Waals surface area contributed by atoms with Gasteiger partial charge in [0, 0.05) is 13.2 Å². The lowest BCUT2D eigenvalue weighted by Crippen LogP contribution is -2.13. The summed E-state index contributed by atoms with van der Waals surface area (Å²) < 4.78 is 2.38. The Morgan fingerprint density at radius 3 is 2.94 bits per heavy atom. The molecule has 2 aromatic rings. The number of hydrogen-bond donors (Lipinski definition) is 1. The van der Waals surface area contributed by atoms with Gasteiger partial charge in [-0.25, -0.2) is 9.97 Å². The van der Waals surface area contributed by atoms with Crippen molar-refractivity contribution in [2.24, 2.45) is 7.05 Å². The Labute approximate surface area is 101 Å². The SMILES string of the molecule is Cn1cnc(C(=O)Nc2cccc(Br)n2)c1. The van der Waals surface area contributed by atoms with Gasteiger partial charge in [-0.2, -0.15) is 0 Å². The van der Waals surface area contributed by atoms with Gasteiger partial charge < -0.3 is 9.88 Å². The van der Waals surface area contributed by atoms with E-state index in [-0.39, 0.29) is 5.91 Å². The van der Waals surface area contributed by atoms with E-state index >= 15 is 0 Å². The van der Waals surface area contributed by atoms with Crippen molar-refractivity contribution in [2.45, 2.75) is 0 Å². The molecule has 2 heterocycles. The molecular formula is C10H9BrN4O. The van der Waals surface area contributed by atoms with Gasteiger partial charge in [0.15, 0.2) is 0 Å². The number of nitrogens with one attached hydrogen (secondary N) is 1. The molecule has 2 aromatic heterocycles. The molecule has 16 heavy (non-hydrogen) atoms. The minimum Gasteiger partial charge on any atom is -0.340 e. The number of rotatable bonds is 2. The van der Waals surface area contributed by atoms with Gasteiger partial charge in [-0.3, -0.25) is 4.79 Å². The Kier molecular flexibility index (Phi) is 3.00. The summed E-state index contributed by atoms with van der Waals surface area (Å²) in [5.74, 6) is 0.219. The van der Waals surface area contributed by atoms with E-state index in [0.717, 1.165) is 0 Å². The first-order chi connectivity index (χ1) is 7.65. The largest absolute Gasteiger partial charge is 0.340 e. The van der Waals surface area contributed by atoms with Crippen LogP contribution in [-0.4, -0.2) is 20.4 Å². The van der Waals surface area contributed by atoms with Gasteiger partial charge >= 0.3 is 0 Å². The maximum atomic E-state index is 11.7. The first kappa shape index (κ1) is 10.8. The number of halogens is 1. The van der Waals surface area contributed by atoms with Crippen molar-refractivity contribution in [2.75, 3.05) is 5.32 Å². The summed E-state index contributed by atoms with van der Waals surface area (Å²) in [6.07, 6.45) is 3.22. The van der Waals surface area contributed by atoms with E-state index in [0.29, 0.717) is 16.1 Å². The van der Waals surface area contributed by atoms with E-state index in [4.69, 9.17) is 0 Å². The number of amides is 1. The van der Waals surface area contributed by atoms with Crippen LogP contribution in [-0.2, 0) is 7.05 Å². The van der Waals surface area contributed by atoms with E-state index in [2.05, 4.69) is 31.2 Å². The van der Waals surface area contributed by atoms with Gasteiger partial charge in [-0.05, 0) is 28.1 Å². The van der Waals surface area contributed by atoms with Crippen molar-refractivity contribution in [1.29, 1.82) is 0 Å². The Morgan fingerprint density at radius 2 is 2.31 bits per heavy atom. The molecule has 0 spiro atoms. The third kappa shape index (κ3) is 2.46. The number of pyridine rings is 1. The number of nitrogens with zero attached hydrogens (tertiary/aromatic N) is 3. The second-order valence-corrected chi connectivity index (χ2v) is 4.04. The molecule has 0 unspecified atom stereocenters. The highest BCUT2D eigenvalue weighted by Crippen LogP contribution is 2.10. The minimum absolute atomic E-state index is 0.272. The molecule has 0 aliphatic heterocycles. The normalized spacial score (nSPS) is 10.1. The number of aryl methyl sites for hydroxylation is 1. The molecule has 1 N–H and O–H groups in total. The van der Waals surface area contributed by atoms with Crippen molar-refractivity contribution in [1.82, 2.24) is 14.5 Å². The zero-order valence-electron chi connectivity index (χ0n) is 8.51. The second-order valence-electron chi connectivity index (χ2n) is 3.22. The fourth-order valence-electron chi connectivity index (χ4n) is 1.19. The Balaban J connectivity index is 2.13. The smallest absolute Gasteiger partial charge is 0.276 e. The van der Waals surface area contributed by atoms with Crippen LogP contribution in [0.1, 0.15) is 10.5 Å². The average molecular weight is 281 g/mol. The number of carbonyl (C=O) groups excluding carboxylic acids is 1. The molecule has 0 bridgehead atoms. The standard InChI is InChI=1S/C10H9BrN4O/c1-15-5-7(12-6-15)10(16)14-9-4-2-3-8(11)13-9/h2-6H,1H3,(H,13,14,16). The number of aromatic nitrogens is 3. The van der Waals surface area contributed by atoms with Gasteiger partial charge in [-0.15, -0.1) is 0 Å². The lowest BCUT2D eigenvalue weighted by atomic mass is 10.4. The van der Waals surface area contributed by atoms with Gasteiger partial charge in [0.1, 0.15) is 16.1 Å². The predicted octanol–water partition coefficient (Wildman–Crippen LogP) is 1.83. The first-order valence-electron chi connectivity index (χ1n) is 4.57. The summed E-state index contributed by atoms with van der Waals surface area (Å²) in [7, 11) is 1.81. The molecule has 82 valence electrons. The number of anilines is 1. The monoisotopic (exact) mass is 280 g/mol. The van der Waals surface area contributed by atoms with Crippen molar-refractivity contribution >= 4 is 27.7 Å². The van der Waals surface area contributed by atoms with Crippen LogP contribution >= 0.6 is 15.9 Å². The summed E-state index contributed by atoms with van der Waals surface area (Å²) in [6, 6.07) is 5.30. The predicted molar refractivity (Wildman–Crippen MR) is 63.1 cm³/mol. The van der Waals surface area contributed by atoms with Crippen molar-refractivity contribution < 1.29 is 4.79 Å². The van der Waals surface area contributed by atoms with Crippen LogP contribution in [0.25, 0.3) is 0 Å². The maximum Gasteiger partial charge on any atom is 0.276 e. The fourth-order valence-corrected chi connectivity index (χ4v) is 1.53. The molecule has 0 aromatic carbocycles. The minimum atomic E-state index is -0.272. The average Bonchev–Trinajstić information content (AvgIpc) is 2.65. The summed E-state index contributed by atoms with van der Waals surface area (Å²) >= 11 is 3.23. The lowest BCUT2D eigenvalue weighted by Gasteiger charge is -2.01. The molecule has 2 rings (SSSR count). The van der Waals surface area contributed by atoms with Gasteiger partial charge in [0.05, 0.1) is 6.33 Å². The zero-order chi connectivity index (χ0) is 11.5. The Bertz CT molecular complexity index is 523. The number of carbonyl (C=O) groups is 1. The summed E-state index contributed by atoms with van der Waals surface area (Å²) in [5, 5.41) is 2.66. The number of imidazole rings is 1. The van der Waals surface area contributed by atoms with Crippen LogP contribution in [0.3, 0.4) is 0 Å². The van der Waals surface area contributed by atoms with E-state index in [1.807, 2.05) is 0 Å². The molecule has 0 saturated carbocycles. The molecular weight excluding hydrogens is 272 g/mol. The Hall–Kier alpha value is -1.69. The molecule has 0 atom stereocenters. The third-order valence-corrected chi connectivity index (χ3v) is 2.34. The lowest BCUT2D eigenvalue weighted by molar-refractivity contribution is 0.102. The van der Waals surface area contributed by atoms with E-state index in [9.17, 15) is 4.79 Å². The van der Waals surface area contributed by atoms with Crippen LogP contribution in [0.2, 0.25) is 0 Å². The highest BCUT2D eigenvalue weighted by atomic mass is 79.9. The topological polar surface area (TPSA) is 59.8 Å². The zero-order valence-corrected chi connectivity index (χ0v) is 10.1. The molecule has 1 amide bonds. The van der Waals surface area contributed by atoms with Crippen molar-refractivity contribution in [3.05, 3.63) is 41.0 Å². The van der Waals surface area contributed by atoms with Crippen molar-refractivity contribution in [3.63, 3.8) is 0 Å². The van der Waals surface area contributed by atoms with Gasteiger partial charge in [0.2, 0.25) is 0 Å². The van der Waals surface area contributed by atoms with Crippen molar-refractivity contribution in [3.8, 4) is 0 Å². The summed E-state index contributed by atoms with van der Waals surface area (Å²) in [6.45, 7) is 0. The fraction of sp³-hybridized carbons (Fsp3) is 0.100. The van der Waals surface area contributed by atoms with Crippen LogP contribution in [0.15, 0.2) is 35.3 Å². The second kappa shape index (κ2) is 4.44. The van der Waals surface area contributed by atoms with E-state index < -0.39 is 0 Å². The molecule has 5 nitrogen and oxygen atoms in total. The third-order valence-electron chi connectivity index (χ3n) is 1.89. The molecule has 0 fully saturated rings. The first-order valence-corrected chi connectivity index (χ1v) is 5.36. The quantitative estimate of drug-likeness (QED) is 0.854. The van der Waals surface area contributed by atoms with Crippen LogP contribution < -0.4 is 5.32 Å². The highest BCUT2D eigenvalue weighted by molar-refractivity contribution is 9.10. The van der Waals surface area contributed by atoms with Crippen LogP contribution in [0.5, 0.6) is 0 Å². The molecule has 0 radical (unpaired) electrons. The summed E-state index contributed by atoms with van der Waals surface area (Å²) in [5.41, 5.74) is 0.365. The van der Waals surface area contributed by atoms with Gasteiger partial charge in [0.25, 0.3) is 5.91 Å². The molecule has 6 heteroatoms. The van der Waals surface area contributed by atoms with Crippen LogP contribution in [0.4, 0.5) is 5.82 Å².